The molecule has 0 radical (unpaired) electrons. The topological polar surface area (TPSA) is 0 Å². The molecule has 0 aliphatic heterocycles. The van der Waals surface area contributed by atoms with Gasteiger partial charge in [-0.15, -0.1) is 0 Å². The zero-order chi connectivity index (χ0) is 30.6. The minimum absolute atomic E-state index is 0.0509. The summed E-state index contributed by atoms with van der Waals surface area (Å²) in [5, 5.41) is 0. The molecule has 0 saturated heterocycles. The van der Waals surface area contributed by atoms with Crippen molar-refractivity contribution in [3.63, 3.8) is 0 Å². The van der Waals surface area contributed by atoms with Crippen LogP contribution in [0.25, 0.3) is 0 Å². The van der Waals surface area contributed by atoms with Gasteiger partial charge in [-0.3, -0.25) is 0 Å². The largest absolute Gasteiger partial charge is 0.404 e. The van der Waals surface area contributed by atoms with Gasteiger partial charge in [0.15, 0.2) is 5.41 Å². The predicted molar refractivity (Wildman–Crippen MR) is 160 cm³/mol. The van der Waals surface area contributed by atoms with Crippen LogP contribution in [0.5, 0.6) is 0 Å². The molecule has 2 atom stereocenters. The standard InChI is InChI=1S/C35H62F6/c1-5-7-9-13-19-29(3)21-27-31(23-15-11-16-24-31)33(34(36,37)38,35(39,40)41)32(25-17-12-18-26-32)28-22-30(4)20-14-10-8-6-2/h29-30H,5-28H2,1-4H3. The SMILES string of the molecule is CCCCCCC(C)CCC1(C(C(F)(F)F)(C(F)(F)F)C2(CCC(C)CCCCCC)CCCCC2)CCCCC1. The third-order valence-electron chi connectivity index (χ3n) is 11.4. The number of hydrogen-bond donors (Lipinski definition) is 0. The lowest BCUT2D eigenvalue weighted by molar-refractivity contribution is -0.426. The number of halogens is 6. The molecule has 2 aliphatic rings. The Morgan fingerprint density at radius 1 is 0.488 bits per heavy atom. The number of rotatable bonds is 18. The van der Waals surface area contributed by atoms with Crippen molar-refractivity contribution in [3.05, 3.63) is 0 Å². The van der Waals surface area contributed by atoms with Crippen molar-refractivity contribution in [2.24, 2.45) is 28.1 Å². The highest BCUT2D eigenvalue weighted by molar-refractivity contribution is 5.16. The first-order valence-corrected chi connectivity index (χ1v) is 17.5. The minimum Gasteiger partial charge on any atom is -0.170 e. The second-order valence-electron chi connectivity index (χ2n) is 14.4. The van der Waals surface area contributed by atoms with Crippen LogP contribution in [0.15, 0.2) is 0 Å². The summed E-state index contributed by atoms with van der Waals surface area (Å²) in [5.74, 6) is 0.297. The molecule has 244 valence electrons. The van der Waals surface area contributed by atoms with Crippen LogP contribution in [0.1, 0.15) is 182 Å². The van der Waals surface area contributed by atoms with Gasteiger partial charge in [0.2, 0.25) is 0 Å². The maximum Gasteiger partial charge on any atom is 0.404 e. The first kappa shape index (κ1) is 36.8. The lowest BCUT2D eigenvalue weighted by atomic mass is 9.41. The first-order valence-electron chi connectivity index (χ1n) is 17.5. The Hall–Kier alpha value is -0.420. The summed E-state index contributed by atoms with van der Waals surface area (Å²) in [4.78, 5) is 0. The van der Waals surface area contributed by atoms with Crippen LogP contribution >= 0.6 is 0 Å². The molecule has 2 aliphatic carbocycles. The molecule has 6 heteroatoms. The van der Waals surface area contributed by atoms with Crippen LogP contribution in [-0.4, -0.2) is 12.4 Å². The van der Waals surface area contributed by atoms with Gasteiger partial charge in [-0.2, -0.15) is 26.3 Å². The fraction of sp³-hybridized carbons (Fsp3) is 1.00. The third-order valence-corrected chi connectivity index (χ3v) is 11.4. The second kappa shape index (κ2) is 16.6. The molecule has 0 aromatic heterocycles. The third kappa shape index (κ3) is 8.83. The Bertz CT molecular complexity index is 636. The summed E-state index contributed by atoms with van der Waals surface area (Å²) < 4.78 is 95.0. The minimum atomic E-state index is -5.32. The molecule has 0 aromatic carbocycles. The van der Waals surface area contributed by atoms with Crippen LogP contribution in [0.3, 0.4) is 0 Å². The summed E-state index contributed by atoms with van der Waals surface area (Å²) in [6, 6.07) is 0. The molecule has 2 fully saturated rings. The Balaban J connectivity index is 2.53. The summed E-state index contributed by atoms with van der Waals surface area (Å²) >= 11 is 0. The van der Waals surface area contributed by atoms with E-state index in [1.165, 1.54) is 0 Å². The Morgan fingerprint density at radius 2 is 0.829 bits per heavy atom. The van der Waals surface area contributed by atoms with Gasteiger partial charge in [-0.1, -0.05) is 143 Å². The molecule has 2 unspecified atom stereocenters. The van der Waals surface area contributed by atoms with Gasteiger partial charge >= 0.3 is 12.4 Å². The van der Waals surface area contributed by atoms with Gasteiger partial charge in [0.25, 0.3) is 0 Å². The summed E-state index contributed by atoms with van der Waals surface area (Å²) in [5.41, 5.74) is -7.16. The van der Waals surface area contributed by atoms with Crippen molar-refractivity contribution in [3.8, 4) is 0 Å². The van der Waals surface area contributed by atoms with Crippen molar-refractivity contribution in [1.82, 2.24) is 0 Å². The predicted octanol–water partition coefficient (Wildman–Crippen LogP) is 13.8. The van der Waals surface area contributed by atoms with Crippen LogP contribution in [0.2, 0.25) is 0 Å². The van der Waals surface area contributed by atoms with E-state index in [2.05, 4.69) is 13.8 Å². The molecule has 0 nitrogen and oxygen atoms in total. The zero-order valence-electron chi connectivity index (χ0n) is 26.9. The smallest absolute Gasteiger partial charge is 0.170 e. The highest BCUT2D eigenvalue weighted by atomic mass is 19.4. The zero-order valence-corrected chi connectivity index (χ0v) is 26.9. The van der Waals surface area contributed by atoms with E-state index in [1.54, 1.807) is 0 Å². The lowest BCUT2D eigenvalue weighted by Crippen LogP contribution is -2.70. The second-order valence-corrected chi connectivity index (χ2v) is 14.4. The van der Waals surface area contributed by atoms with E-state index < -0.39 is 28.6 Å². The quantitative estimate of drug-likeness (QED) is 0.109. The average Bonchev–Trinajstić information content (AvgIpc) is 2.91. The Kier molecular flexibility index (Phi) is 14.9. The highest BCUT2D eigenvalue weighted by Crippen LogP contribution is 2.76. The Labute approximate surface area is 248 Å². The Morgan fingerprint density at radius 3 is 1.12 bits per heavy atom. The number of hydrogen-bond acceptors (Lipinski definition) is 0. The molecule has 0 N–H and O–H groups in total. The van der Waals surface area contributed by atoms with Crippen LogP contribution < -0.4 is 0 Å². The average molecular weight is 597 g/mol. The van der Waals surface area contributed by atoms with Crippen LogP contribution in [0, 0.1) is 28.1 Å². The van der Waals surface area contributed by atoms with Crippen LogP contribution in [0.4, 0.5) is 26.3 Å². The molecule has 0 bridgehead atoms. The number of alkyl halides is 6. The summed E-state index contributed by atoms with van der Waals surface area (Å²) in [6.07, 6.45) is 4.42. The highest BCUT2D eigenvalue weighted by Gasteiger charge is 2.84. The van der Waals surface area contributed by atoms with Gasteiger partial charge in [0, 0.05) is 0 Å². The molecule has 0 amide bonds. The van der Waals surface area contributed by atoms with Gasteiger partial charge < -0.3 is 0 Å². The number of unbranched alkanes of at least 4 members (excludes halogenated alkanes) is 6. The normalized spacial score (nSPS) is 21.5. The lowest BCUT2D eigenvalue weighted by Gasteiger charge is -2.63. The first-order chi connectivity index (χ1) is 19.3. The molecule has 2 rings (SSSR count). The van der Waals surface area contributed by atoms with E-state index in [0.717, 1.165) is 77.0 Å². The van der Waals surface area contributed by atoms with E-state index >= 15 is 26.3 Å². The van der Waals surface area contributed by atoms with Crippen LogP contribution in [-0.2, 0) is 0 Å². The van der Waals surface area contributed by atoms with Gasteiger partial charge in [-0.05, 0) is 61.2 Å². The fourth-order valence-corrected chi connectivity index (χ4v) is 9.18. The van der Waals surface area contributed by atoms with Crippen molar-refractivity contribution >= 4 is 0 Å². The molecule has 0 aromatic rings. The fourth-order valence-electron chi connectivity index (χ4n) is 9.18. The van der Waals surface area contributed by atoms with E-state index in [4.69, 9.17) is 0 Å². The summed E-state index contributed by atoms with van der Waals surface area (Å²) in [6.45, 7) is 8.36. The van der Waals surface area contributed by atoms with E-state index in [0.29, 0.717) is 38.5 Å². The van der Waals surface area contributed by atoms with Gasteiger partial charge in [0.1, 0.15) is 0 Å². The maximum absolute atomic E-state index is 15.8. The molecule has 0 heterocycles. The van der Waals surface area contributed by atoms with Crippen molar-refractivity contribution < 1.29 is 26.3 Å². The van der Waals surface area contributed by atoms with Crippen molar-refractivity contribution in [1.29, 1.82) is 0 Å². The molecular formula is C35H62F6. The van der Waals surface area contributed by atoms with Gasteiger partial charge in [-0.25, -0.2) is 0 Å². The van der Waals surface area contributed by atoms with E-state index in [9.17, 15) is 0 Å². The molecule has 2 saturated carbocycles. The van der Waals surface area contributed by atoms with E-state index in [1.807, 2.05) is 13.8 Å². The summed E-state index contributed by atoms with van der Waals surface area (Å²) in [7, 11) is 0. The van der Waals surface area contributed by atoms with Crippen molar-refractivity contribution in [2.75, 3.05) is 0 Å². The molecule has 0 spiro atoms. The van der Waals surface area contributed by atoms with Crippen molar-refractivity contribution in [2.45, 2.75) is 194 Å². The van der Waals surface area contributed by atoms with E-state index in [-0.39, 0.29) is 50.4 Å². The molecular weight excluding hydrogens is 534 g/mol. The molecule has 41 heavy (non-hydrogen) atoms. The van der Waals surface area contributed by atoms with Gasteiger partial charge in [0.05, 0.1) is 0 Å². The maximum atomic E-state index is 15.8. The monoisotopic (exact) mass is 596 g/mol.